The van der Waals surface area contributed by atoms with Gasteiger partial charge in [-0.25, -0.2) is 8.42 Å². The normalized spacial score (nSPS) is 11.9. The quantitative estimate of drug-likeness (QED) is 0.337. The van der Waals surface area contributed by atoms with E-state index in [0.717, 1.165) is 9.87 Å². The van der Waals surface area contributed by atoms with E-state index >= 15 is 0 Å². The van der Waals surface area contributed by atoms with Crippen LogP contribution in [0.3, 0.4) is 0 Å². The number of hydrogen-bond acceptors (Lipinski definition) is 5. The summed E-state index contributed by atoms with van der Waals surface area (Å²) in [6.07, 6.45) is 0. The number of aryl methyl sites for hydroxylation is 1. The monoisotopic (exact) mass is 571 g/mol. The number of benzene rings is 3. The number of ether oxygens (including phenoxy) is 1. The zero-order chi connectivity index (χ0) is 28.6. The van der Waals surface area contributed by atoms with Crippen LogP contribution in [0, 0.1) is 6.92 Å². The number of amides is 2. The van der Waals surface area contributed by atoms with E-state index in [1.807, 2.05) is 13.8 Å². The van der Waals surface area contributed by atoms with Gasteiger partial charge in [0.25, 0.3) is 10.0 Å². The standard InChI is InChI=1S/C29H34ClN3O5S/c1-5-31-29(35)22(4)32(19-23-9-7-8-10-27(23)30)28(34)20-33(24-13-15-25(16-14-24)38-6-2)39(36,37)26-17-11-21(3)12-18-26/h7-18,22H,5-6,19-20H2,1-4H3,(H,31,35)/t22-/m1/s1. The summed E-state index contributed by atoms with van der Waals surface area (Å²) in [6, 6.07) is 19.1. The van der Waals surface area contributed by atoms with E-state index in [1.165, 1.54) is 17.0 Å². The molecule has 0 spiro atoms. The minimum absolute atomic E-state index is 0.0263. The summed E-state index contributed by atoms with van der Waals surface area (Å²) in [5, 5.41) is 3.17. The molecule has 0 unspecified atom stereocenters. The van der Waals surface area contributed by atoms with Gasteiger partial charge in [-0.2, -0.15) is 0 Å². The third kappa shape index (κ3) is 7.52. The number of hydrogen-bond donors (Lipinski definition) is 1. The summed E-state index contributed by atoms with van der Waals surface area (Å²) in [5.41, 5.74) is 1.83. The Labute approximate surface area is 235 Å². The summed E-state index contributed by atoms with van der Waals surface area (Å²) in [7, 11) is -4.14. The van der Waals surface area contributed by atoms with Crippen molar-refractivity contribution >= 4 is 39.1 Å². The molecular weight excluding hydrogens is 538 g/mol. The number of carbonyl (C=O) groups is 2. The molecule has 0 saturated heterocycles. The van der Waals surface area contributed by atoms with Gasteiger partial charge in [-0.1, -0.05) is 47.5 Å². The highest BCUT2D eigenvalue weighted by atomic mass is 35.5. The molecule has 0 fully saturated rings. The number of nitrogens with one attached hydrogen (secondary N) is 1. The Kier molecular flexibility index (Phi) is 10.4. The van der Waals surface area contributed by atoms with E-state index in [0.29, 0.717) is 29.5 Å². The molecule has 0 bridgehead atoms. The number of rotatable bonds is 12. The van der Waals surface area contributed by atoms with E-state index in [4.69, 9.17) is 16.3 Å². The zero-order valence-corrected chi connectivity index (χ0v) is 24.1. The predicted octanol–water partition coefficient (Wildman–Crippen LogP) is 4.80. The highest BCUT2D eigenvalue weighted by Crippen LogP contribution is 2.27. The fourth-order valence-corrected chi connectivity index (χ4v) is 5.57. The van der Waals surface area contributed by atoms with Crippen molar-refractivity contribution in [1.82, 2.24) is 10.2 Å². The zero-order valence-electron chi connectivity index (χ0n) is 22.6. The Bertz CT molecular complexity index is 1380. The Morgan fingerprint density at radius 3 is 2.21 bits per heavy atom. The van der Waals surface area contributed by atoms with Crippen molar-refractivity contribution in [3.05, 3.63) is 88.9 Å². The lowest BCUT2D eigenvalue weighted by atomic mass is 10.1. The first-order valence-electron chi connectivity index (χ1n) is 12.7. The minimum atomic E-state index is -4.14. The van der Waals surface area contributed by atoms with Crippen molar-refractivity contribution < 1.29 is 22.7 Å². The van der Waals surface area contributed by atoms with Crippen molar-refractivity contribution in [2.45, 2.75) is 45.2 Å². The van der Waals surface area contributed by atoms with Crippen LogP contribution in [0.15, 0.2) is 77.7 Å². The predicted molar refractivity (Wildman–Crippen MR) is 153 cm³/mol. The number of carbonyl (C=O) groups excluding carboxylic acids is 2. The number of anilines is 1. The molecule has 1 N–H and O–H groups in total. The summed E-state index contributed by atoms with van der Waals surface area (Å²) in [4.78, 5) is 28.0. The Hall–Kier alpha value is -3.56. The first-order valence-corrected chi connectivity index (χ1v) is 14.5. The second-order valence-electron chi connectivity index (χ2n) is 8.94. The summed E-state index contributed by atoms with van der Waals surface area (Å²) < 4.78 is 34.3. The van der Waals surface area contributed by atoms with Crippen LogP contribution in [0.4, 0.5) is 5.69 Å². The van der Waals surface area contributed by atoms with Crippen LogP contribution in [0.5, 0.6) is 5.75 Å². The van der Waals surface area contributed by atoms with Crippen LogP contribution >= 0.6 is 11.6 Å². The molecule has 3 aromatic rings. The third-order valence-corrected chi connectivity index (χ3v) is 8.30. The molecule has 1 atom stereocenters. The lowest BCUT2D eigenvalue weighted by molar-refractivity contribution is -0.139. The van der Waals surface area contributed by atoms with Crippen molar-refractivity contribution in [2.24, 2.45) is 0 Å². The molecule has 3 aromatic carbocycles. The van der Waals surface area contributed by atoms with Crippen molar-refractivity contribution in [3.63, 3.8) is 0 Å². The van der Waals surface area contributed by atoms with Crippen LogP contribution in [-0.2, 0) is 26.2 Å². The maximum absolute atomic E-state index is 13.9. The summed E-state index contributed by atoms with van der Waals surface area (Å²) >= 11 is 6.37. The third-order valence-electron chi connectivity index (χ3n) is 6.14. The first kappa shape index (κ1) is 30.0. The Morgan fingerprint density at radius 1 is 0.974 bits per heavy atom. The molecule has 0 aromatic heterocycles. The van der Waals surface area contributed by atoms with E-state index in [1.54, 1.807) is 74.5 Å². The molecule has 0 aliphatic carbocycles. The van der Waals surface area contributed by atoms with Crippen LogP contribution in [0.1, 0.15) is 31.9 Å². The number of nitrogens with zero attached hydrogens (tertiary/aromatic N) is 2. The van der Waals surface area contributed by atoms with Gasteiger partial charge in [0.15, 0.2) is 0 Å². The summed E-state index contributed by atoms with van der Waals surface area (Å²) in [6.45, 7) is 7.44. The van der Waals surface area contributed by atoms with Crippen molar-refractivity contribution in [2.75, 3.05) is 24.0 Å². The SMILES string of the molecule is CCNC(=O)[C@@H](C)N(Cc1ccccc1Cl)C(=O)CN(c1ccc(OCC)cc1)S(=O)(=O)c1ccc(C)cc1. The number of halogens is 1. The molecule has 8 nitrogen and oxygen atoms in total. The highest BCUT2D eigenvalue weighted by molar-refractivity contribution is 7.92. The van der Waals surface area contributed by atoms with Crippen molar-refractivity contribution in [3.8, 4) is 5.75 Å². The maximum atomic E-state index is 13.9. The number of likely N-dealkylation sites (N-methyl/N-ethyl adjacent to an activating group) is 1. The fourth-order valence-electron chi connectivity index (χ4n) is 3.96. The van der Waals surface area contributed by atoms with Gasteiger partial charge in [-0.05, 0) is 75.7 Å². The second-order valence-corrected chi connectivity index (χ2v) is 11.2. The first-order chi connectivity index (χ1) is 18.6. The van der Waals surface area contributed by atoms with Gasteiger partial charge in [-0.3, -0.25) is 13.9 Å². The van der Waals surface area contributed by atoms with Gasteiger partial charge in [0, 0.05) is 18.1 Å². The topological polar surface area (TPSA) is 96.0 Å². The van der Waals surface area contributed by atoms with E-state index < -0.39 is 28.5 Å². The largest absolute Gasteiger partial charge is 0.494 e. The highest BCUT2D eigenvalue weighted by Gasteiger charge is 2.32. The van der Waals surface area contributed by atoms with Gasteiger partial charge in [0.2, 0.25) is 11.8 Å². The molecule has 3 rings (SSSR count). The van der Waals surface area contributed by atoms with E-state index in [2.05, 4.69) is 5.32 Å². The van der Waals surface area contributed by atoms with Gasteiger partial charge in [0.1, 0.15) is 18.3 Å². The van der Waals surface area contributed by atoms with Gasteiger partial charge in [0.05, 0.1) is 17.2 Å². The van der Waals surface area contributed by atoms with Crippen molar-refractivity contribution in [1.29, 1.82) is 0 Å². The van der Waals surface area contributed by atoms with E-state index in [-0.39, 0.29) is 23.0 Å². The molecule has 0 radical (unpaired) electrons. The van der Waals surface area contributed by atoms with Crippen LogP contribution in [0.25, 0.3) is 0 Å². The molecule has 39 heavy (non-hydrogen) atoms. The molecule has 208 valence electrons. The minimum Gasteiger partial charge on any atom is -0.494 e. The van der Waals surface area contributed by atoms with Gasteiger partial charge >= 0.3 is 0 Å². The maximum Gasteiger partial charge on any atom is 0.264 e. The molecular formula is C29H34ClN3O5S. The Balaban J connectivity index is 2.04. The second kappa shape index (κ2) is 13.5. The molecule has 0 heterocycles. The van der Waals surface area contributed by atoms with Gasteiger partial charge < -0.3 is 15.0 Å². The Morgan fingerprint density at radius 2 is 1.62 bits per heavy atom. The molecule has 2 amide bonds. The lowest BCUT2D eigenvalue weighted by Crippen LogP contribution is -2.51. The van der Waals surface area contributed by atoms with Crippen LogP contribution in [-0.4, -0.2) is 50.9 Å². The summed E-state index contributed by atoms with van der Waals surface area (Å²) in [5.74, 6) is -0.337. The van der Waals surface area contributed by atoms with Crippen LogP contribution < -0.4 is 14.4 Å². The number of sulfonamides is 1. The lowest BCUT2D eigenvalue weighted by Gasteiger charge is -2.32. The van der Waals surface area contributed by atoms with Gasteiger partial charge in [-0.15, -0.1) is 0 Å². The van der Waals surface area contributed by atoms with Crippen LogP contribution in [0.2, 0.25) is 5.02 Å². The fraction of sp³-hybridized carbons (Fsp3) is 0.310. The molecule has 0 saturated carbocycles. The average molecular weight is 572 g/mol. The average Bonchev–Trinajstić information content (AvgIpc) is 2.92. The van der Waals surface area contributed by atoms with E-state index in [9.17, 15) is 18.0 Å². The molecule has 0 aliphatic rings. The molecule has 10 heteroatoms. The molecule has 0 aliphatic heterocycles. The smallest absolute Gasteiger partial charge is 0.264 e.